The second-order valence-corrected chi connectivity index (χ2v) is 4.91. The van der Waals surface area contributed by atoms with Crippen molar-refractivity contribution in [3.63, 3.8) is 0 Å². The highest BCUT2D eigenvalue weighted by Gasteiger charge is 2.07. The minimum Gasteiger partial charge on any atom is -0.496 e. The maximum absolute atomic E-state index is 12.1. The summed E-state index contributed by atoms with van der Waals surface area (Å²) in [5.41, 5.74) is 7.18. The van der Waals surface area contributed by atoms with E-state index in [1.165, 1.54) is 23.2 Å². The number of allylic oxidation sites excluding steroid dienone is 1. The molecule has 0 saturated heterocycles. The molecule has 0 atom stereocenters. The molecule has 120 valence electrons. The van der Waals surface area contributed by atoms with Crippen molar-refractivity contribution >= 4 is 23.1 Å². The summed E-state index contributed by atoms with van der Waals surface area (Å²) in [5, 5.41) is 6.62. The molecule has 0 fully saturated rings. The number of carbonyl (C=O) groups is 2. The van der Waals surface area contributed by atoms with Gasteiger partial charge >= 0.3 is 0 Å². The third-order valence-electron chi connectivity index (χ3n) is 3.10. The van der Waals surface area contributed by atoms with Gasteiger partial charge < -0.3 is 15.8 Å². The lowest BCUT2D eigenvalue weighted by molar-refractivity contribution is -0.118. The van der Waals surface area contributed by atoms with E-state index >= 15 is 0 Å². The largest absolute Gasteiger partial charge is 0.496 e. The summed E-state index contributed by atoms with van der Waals surface area (Å²) < 4.78 is 6.63. The molecule has 23 heavy (non-hydrogen) atoms. The van der Waals surface area contributed by atoms with Crippen molar-refractivity contribution in [3.05, 3.63) is 48.3 Å². The van der Waals surface area contributed by atoms with Crippen LogP contribution in [0.2, 0.25) is 0 Å². The van der Waals surface area contributed by atoms with Crippen LogP contribution >= 0.6 is 0 Å². The van der Waals surface area contributed by atoms with Gasteiger partial charge in [-0.15, -0.1) is 0 Å². The van der Waals surface area contributed by atoms with Crippen LogP contribution in [0.25, 0.3) is 5.57 Å². The van der Waals surface area contributed by atoms with Gasteiger partial charge in [-0.25, -0.2) is 0 Å². The number of para-hydroxylation sites is 1. The number of ether oxygens (including phenoxy) is 1. The molecule has 7 heteroatoms. The smallest absolute Gasteiger partial charge is 0.248 e. The molecule has 7 nitrogen and oxygen atoms in total. The minimum atomic E-state index is -0.502. The molecule has 2 amide bonds. The number of nitrogens with one attached hydrogen (secondary N) is 1. The highest BCUT2D eigenvalue weighted by Crippen LogP contribution is 2.25. The predicted molar refractivity (Wildman–Crippen MR) is 86.7 cm³/mol. The van der Waals surface area contributed by atoms with Gasteiger partial charge in [-0.05, 0) is 18.6 Å². The van der Waals surface area contributed by atoms with Crippen molar-refractivity contribution in [2.45, 2.75) is 13.5 Å². The normalized spacial score (nSPS) is 11.1. The minimum absolute atomic E-state index is 0.0358. The van der Waals surface area contributed by atoms with Gasteiger partial charge in [-0.2, -0.15) is 5.10 Å². The van der Waals surface area contributed by atoms with Crippen molar-refractivity contribution in [2.75, 3.05) is 12.4 Å². The van der Waals surface area contributed by atoms with Gasteiger partial charge in [-0.3, -0.25) is 14.3 Å². The third-order valence-corrected chi connectivity index (χ3v) is 3.10. The van der Waals surface area contributed by atoms with E-state index in [2.05, 4.69) is 10.4 Å². The van der Waals surface area contributed by atoms with Crippen LogP contribution < -0.4 is 15.8 Å². The lowest BCUT2D eigenvalue weighted by atomic mass is 10.1. The summed E-state index contributed by atoms with van der Waals surface area (Å²) in [4.78, 5) is 22.9. The zero-order valence-corrected chi connectivity index (χ0v) is 12.9. The van der Waals surface area contributed by atoms with Gasteiger partial charge in [0.2, 0.25) is 11.8 Å². The average molecular weight is 314 g/mol. The van der Waals surface area contributed by atoms with E-state index in [9.17, 15) is 9.59 Å². The standard InChI is InChI=1S/C16H18N4O3/c1-11(13-5-3-4-6-14(13)23-2)7-16(22)19-12-8-18-20(9-12)10-15(17)21/h3-9H,10H2,1-2H3,(H2,17,21)(H,19,22)/b11-7+. The molecule has 1 aromatic carbocycles. The fourth-order valence-electron chi connectivity index (χ4n) is 2.10. The molecule has 0 aliphatic heterocycles. The lowest BCUT2D eigenvalue weighted by Gasteiger charge is -2.08. The van der Waals surface area contributed by atoms with E-state index in [0.717, 1.165) is 11.1 Å². The van der Waals surface area contributed by atoms with Crippen molar-refractivity contribution in [1.29, 1.82) is 0 Å². The SMILES string of the molecule is COc1ccccc1/C(C)=C/C(=O)Nc1cnn(CC(N)=O)c1. The van der Waals surface area contributed by atoms with Gasteiger partial charge in [0.15, 0.2) is 0 Å². The van der Waals surface area contributed by atoms with E-state index in [0.29, 0.717) is 11.4 Å². The number of anilines is 1. The molecule has 0 spiro atoms. The van der Waals surface area contributed by atoms with Crippen molar-refractivity contribution in [2.24, 2.45) is 5.73 Å². The summed E-state index contributed by atoms with van der Waals surface area (Å²) in [6, 6.07) is 7.45. The Morgan fingerprint density at radius 3 is 2.83 bits per heavy atom. The number of primary amides is 1. The van der Waals surface area contributed by atoms with E-state index in [1.54, 1.807) is 7.11 Å². The molecule has 1 aromatic heterocycles. The number of methoxy groups -OCH3 is 1. The van der Waals surface area contributed by atoms with Gasteiger partial charge in [-0.1, -0.05) is 18.2 Å². The number of nitrogens with zero attached hydrogens (tertiary/aromatic N) is 2. The second kappa shape index (κ2) is 7.26. The summed E-state index contributed by atoms with van der Waals surface area (Å²) in [5.74, 6) is -0.103. The quantitative estimate of drug-likeness (QED) is 0.788. The number of nitrogens with two attached hydrogens (primary N) is 1. The Kier molecular flexibility index (Phi) is 5.14. The van der Waals surface area contributed by atoms with Crippen molar-refractivity contribution in [3.8, 4) is 5.75 Å². The highest BCUT2D eigenvalue weighted by atomic mass is 16.5. The second-order valence-electron chi connectivity index (χ2n) is 4.91. The topological polar surface area (TPSA) is 99.2 Å². The number of aromatic nitrogens is 2. The van der Waals surface area contributed by atoms with Crippen LogP contribution in [0.3, 0.4) is 0 Å². The van der Waals surface area contributed by atoms with E-state index in [1.807, 2.05) is 31.2 Å². The zero-order valence-electron chi connectivity index (χ0n) is 12.9. The van der Waals surface area contributed by atoms with Crippen LogP contribution in [0.4, 0.5) is 5.69 Å². The number of hydrogen-bond donors (Lipinski definition) is 2. The van der Waals surface area contributed by atoms with Crippen molar-refractivity contribution < 1.29 is 14.3 Å². The summed E-state index contributed by atoms with van der Waals surface area (Å²) in [7, 11) is 1.58. The molecule has 2 aromatic rings. The predicted octanol–water partition coefficient (Wildman–Crippen LogP) is 1.42. The fraction of sp³-hybridized carbons (Fsp3) is 0.188. The van der Waals surface area contributed by atoms with Crippen LogP contribution in [-0.4, -0.2) is 28.7 Å². The molecule has 0 bridgehead atoms. The maximum Gasteiger partial charge on any atom is 0.248 e. The molecule has 1 heterocycles. The molecular weight excluding hydrogens is 296 g/mol. The number of amides is 2. The molecular formula is C16H18N4O3. The summed E-state index contributed by atoms with van der Waals surface area (Å²) in [6.07, 6.45) is 4.46. The first kappa shape index (κ1) is 16.3. The lowest BCUT2D eigenvalue weighted by Crippen LogP contribution is -2.18. The molecule has 0 saturated carbocycles. The van der Waals surface area contributed by atoms with Gasteiger partial charge in [0.05, 0.1) is 19.0 Å². The Morgan fingerprint density at radius 1 is 1.39 bits per heavy atom. The Morgan fingerprint density at radius 2 is 2.13 bits per heavy atom. The Bertz CT molecular complexity index is 749. The molecule has 0 radical (unpaired) electrons. The van der Waals surface area contributed by atoms with Crippen LogP contribution in [0.15, 0.2) is 42.7 Å². The average Bonchev–Trinajstić information content (AvgIpc) is 2.93. The van der Waals surface area contributed by atoms with Crippen LogP contribution in [-0.2, 0) is 16.1 Å². The molecule has 2 rings (SSSR count). The number of benzene rings is 1. The first-order valence-electron chi connectivity index (χ1n) is 6.93. The first-order valence-corrected chi connectivity index (χ1v) is 6.93. The number of rotatable bonds is 6. The highest BCUT2D eigenvalue weighted by molar-refractivity contribution is 6.04. The molecule has 0 aliphatic rings. The third kappa shape index (κ3) is 4.44. The number of hydrogen-bond acceptors (Lipinski definition) is 4. The zero-order chi connectivity index (χ0) is 16.8. The Balaban J connectivity index is 2.08. The Hall–Kier alpha value is -3.09. The summed E-state index contributed by atoms with van der Waals surface area (Å²) in [6.45, 7) is 1.79. The van der Waals surface area contributed by atoms with Crippen LogP contribution in [0.1, 0.15) is 12.5 Å². The van der Waals surface area contributed by atoms with E-state index < -0.39 is 5.91 Å². The monoisotopic (exact) mass is 314 g/mol. The molecule has 0 unspecified atom stereocenters. The number of carbonyl (C=O) groups excluding carboxylic acids is 2. The van der Waals surface area contributed by atoms with Gasteiger partial charge in [0, 0.05) is 17.8 Å². The van der Waals surface area contributed by atoms with E-state index in [4.69, 9.17) is 10.5 Å². The first-order chi connectivity index (χ1) is 11.0. The van der Waals surface area contributed by atoms with Crippen LogP contribution in [0.5, 0.6) is 5.75 Å². The van der Waals surface area contributed by atoms with Crippen molar-refractivity contribution in [1.82, 2.24) is 9.78 Å². The van der Waals surface area contributed by atoms with E-state index in [-0.39, 0.29) is 12.5 Å². The molecule has 0 aliphatic carbocycles. The van der Waals surface area contributed by atoms with Gasteiger partial charge in [0.1, 0.15) is 12.3 Å². The fourth-order valence-corrected chi connectivity index (χ4v) is 2.10. The van der Waals surface area contributed by atoms with Crippen LogP contribution in [0, 0.1) is 0 Å². The van der Waals surface area contributed by atoms with Gasteiger partial charge in [0.25, 0.3) is 0 Å². The maximum atomic E-state index is 12.1. The summed E-state index contributed by atoms with van der Waals surface area (Å²) >= 11 is 0. The molecule has 3 N–H and O–H groups in total. The Labute approximate surface area is 133 Å².